The molecule has 1 aliphatic rings. The number of rotatable bonds is 5. The molecule has 3 amide bonds. The average Bonchev–Trinajstić information content (AvgIpc) is 3.12. The summed E-state index contributed by atoms with van der Waals surface area (Å²) in [6.07, 6.45) is 1.24. The van der Waals surface area contributed by atoms with Crippen molar-refractivity contribution in [2.45, 2.75) is 19.4 Å². The van der Waals surface area contributed by atoms with Crippen molar-refractivity contribution in [2.75, 3.05) is 23.9 Å². The van der Waals surface area contributed by atoms with Crippen molar-refractivity contribution in [3.63, 3.8) is 0 Å². The number of ether oxygens (including phenoxy) is 1. The first-order valence-corrected chi connectivity index (χ1v) is 9.18. The number of amides is 3. The third kappa shape index (κ3) is 4.43. The van der Waals surface area contributed by atoms with Gasteiger partial charge in [-0.1, -0.05) is 29.8 Å². The highest BCUT2D eigenvalue weighted by molar-refractivity contribution is 6.39. The first-order valence-electron chi connectivity index (χ1n) is 8.80. The predicted molar refractivity (Wildman–Crippen MR) is 107 cm³/mol. The van der Waals surface area contributed by atoms with Crippen LogP contribution in [0.2, 0.25) is 5.02 Å². The summed E-state index contributed by atoms with van der Waals surface area (Å²) < 4.78 is 5.31. The molecule has 0 saturated carbocycles. The zero-order valence-corrected chi connectivity index (χ0v) is 16.1. The van der Waals surface area contributed by atoms with Crippen molar-refractivity contribution in [3.05, 3.63) is 53.1 Å². The van der Waals surface area contributed by atoms with E-state index in [4.69, 9.17) is 16.3 Å². The van der Waals surface area contributed by atoms with Crippen molar-refractivity contribution in [1.29, 1.82) is 0 Å². The van der Waals surface area contributed by atoms with Crippen molar-refractivity contribution in [3.8, 4) is 5.75 Å². The molecule has 2 N–H and O–H groups in total. The molecule has 7 nitrogen and oxygen atoms in total. The topological polar surface area (TPSA) is 87.7 Å². The normalized spacial score (nSPS) is 13.4. The largest absolute Gasteiger partial charge is 0.495 e. The highest BCUT2D eigenvalue weighted by Crippen LogP contribution is 2.34. The molecular formula is C20H20ClN3O4. The molecule has 2 aromatic rings. The quantitative estimate of drug-likeness (QED) is 0.754. The van der Waals surface area contributed by atoms with Gasteiger partial charge in [0.05, 0.1) is 12.8 Å². The fourth-order valence-corrected chi connectivity index (χ4v) is 3.17. The number of carbonyl (C=O) groups excluding carboxylic acids is 3. The Labute approximate surface area is 167 Å². The molecule has 146 valence electrons. The second-order valence-corrected chi connectivity index (χ2v) is 6.67. The number of halogens is 1. The van der Waals surface area contributed by atoms with Gasteiger partial charge in [-0.3, -0.25) is 14.4 Å². The smallest absolute Gasteiger partial charge is 0.313 e. The molecule has 3 rings (SSSR count). The minimum atomic E-state index is -0.809. The number of hydrogen-bond donors (Lipinski definition) is 2. The summed E-state index contributed by atoms with van der Waals surface area (Å²) in [5.41, 5.74) is 1.68. The molecule has 0 aromatic heterocycles. The van der Waals surface area contributed by atoms with Gasteiger partial charge in [-0.25, -0.2) is 0 Å². The minimum Gasteiger partial charge on any atom is -0.495 e. The molecule has 0 aliphatic carbocycles. The van der Waals surface area contributed by atoms with E-state index in [2.05, 4.69) is 10.6 Å². The number of benzene rings is 2. The standard InChI is InChI=1S/C20H20ClN3O4/c1-28-17-9-8-14(11-16(17)24-10-4-7-18(24)25)23-20(27)19(26)22-12-13-5-2-3-6-15(13)21/h2-3,5-6,8-9,11H,4,7,10,12H2,1H3,(H,22,26)(H,23,27). The molecule has 28 heavy (non-hydrogen) atoms. The Balaban J connectivity index is 1.67. The molecule has 1 fully saturated rings. The number of methoxy groups -OCH3 is 1. The van der Waals surface area contributed by atoms with Crippen molar-refractivity contribution in [2.24, 2.45) is 0 Å². The Bertz CT molecular complexity index is 916. The van der Waals surface area contributed by atoms with Gasteiger partial charge in [0.2, 0.25) is 5.91 Å². The zero-order chi connectivity index (χ0) is 20.1. The Kier molecular flexibility index (Phi) is 6.16. The Hall–Kier alpha value is -3.06. The van der Waals surface area contributed by atoms with E-state index in [0.717, 1.165) is 6.42 Å². The Morgan fingerprint density at radius 2 is 1.96 bits per heavy atom. The third-order valence-electron chi connectivity index (χ3n) is 4.40. The Morgan fingerprint density at radius 3 is 2.64 bits per heavy atom. The first kappa shape index (κ1) is 19.7. The van der Waals surface area contributed by atoms with E-state index in [9.17, 15) is 14.4 Å². The lowest BCUT2D eigenvalue weighted by molar-refractivity contribution is -0.136. The molecule has 0 spiro atoms. The van der Waals surface area contributed by atoms with Crippen LogP contribution in [0.3, 0.4) is 0 Å². The van der Waals surface area contributed by atoms with Crippen LogP contribution in [-0.2, 0) is 20.9 Å². The second kappa shape index (κ2) is 8.75. The van der Waals surface area contributed by atoms with E-state index in [1.807, 2.05) is 0 Å². The molecule has 1 aliphatic heterocycles. The first-order chi connectivity index (χ1) is 13.5. The van der Waals surface area contributed by atoms with E-state index >= 15 is 0 Å². The third-order valence-corrected chi connectivity index (χ3v) is 4.77. The Morgan fingerprint density at radius 1 is 1.18 bits per heavy atom. The zero-order valence-electron chi connectivity index (χ0n) is 15.3. The fourth-order valence-electron chi connectivity index (χ4n) is 2.97. The SMILES string of the molecule is COc1ccc(NC(=O)C(=O)NCc2ccccc2Cl)cc1N1CCCC1=O. The number of carbonyl (C=O) groups is 3. The number of nitrogens with zero attached hydrogens (tertiary/aromatic N) is 1. The predicted octanol–water partition coefficient (Wildman–Crippen LogP) is 2.73. The molecule has 0 unspecified atom stereocenters. The van der Waals surface area contributed by atoms with Crippen LogP contribution in [0.25, 0.3) is 0 Å². The van der Waals surface area contributed by atoms with Gasteiger partial charge in [0.15, 0.2) is 0 Å². The van der Waals surface area contributed by atoms with Crippen LogP contribution in [0, 0.1) is 0 Å². The van der Waals surface area contributed by atoms with Gasteiger partial charge in [0.1, 0.15) is 5.75 Å². The summed E-state index contributed by atoms with van der Waals surface area (Å²) in [7, 11) is 1.51. The van der Waals surface area contributed by atoms with Crippen LogP contribution in [-0.4, -0.2) is 31.4 Å². The van der Waals surface area contributed by atoms with Gasteiger partial charge in [0, 0.05) is 30.2 Å². The minimum absolute atomic E-state index is 0.000686. The summed E-state index contributed by atoms with van der Waals surface area (Å²) in [5, 5.41) is 5.59. The van der Waals surface area contributed by atoms with Crippen LogP contribution >= 0.6 is 11.6 Å². The lowest BCUT2D eigenvalue weighted by Gasteiger charge is -2.20. The van der Waals surface area contributed by atoms with Crippen LogP contribution in [0.1, 0.15) is 18.4 Å². The second-order valence-electron chi connectivity index (χ2n) is 6.26. The molecule has 1 heterocycles. The van der Waals surface area contributed by atoms with Crippen molar-refractivity contribution >= 4 is 40.7 Å². The summed E-state index contributed by atoms with van der Waals surface area (Å²) in [6, 6.07) is 11.9. The maximum Gasteiger partial charge on any atom is 0.313 e. The molecule has 0 atom stereocenters. The molecule has 1 saturated heterocycles. The number of anilines is 2. The van der Waals surface area contributed by atoms with Gasteiger partial charge in [-0.2, -0.15) is 0 Å². The molecule has 0 bridgehead atoms. The van der Waals surface area contributed by atoms with Gasteiger partial charge in [-0.15, -0.1) is 0 Å². The van der Waals surface area contributed by atoms with Crippen molar-refractivity contribution < 1.29 is 19.1 Å². The monoisotopic (exact) mass is 401 g/mol. The van der Waals surface area contributed by atoms with Crippen LogP contribution < -0.4 is 20.3 Å². The highest BCUT2D eigenvalue weighted by Gasteiger charge is 2.25. The van der Waals surface area contributed by atoms with E-state index in [1.54, 1.807) is 47.4 Å². The van der Waals surface area contributed by atoms with E-state index in [0.29, 0.717) is 40.7 Å². The summed E-state index contributed by atoms with van der Waals surface area (Å²) in [5.74, 6) is -1.07. The molecule has 0 radical (unpaired) electrons. The van der Waals surface area contributed by atoms with Gasteiger partial charge >= 0.3 is 11.8 Å². The highest BCUT2D eigenvalue weighted by atomic mass is 35.5. The average molecular weight is 402 g/mol. The van der Waals surface area contributed by atoms with Crippen LogP contribution in [0.4, 0.5) is 11.4 Å². The van der Waals surface area contributed by atoms with Crippen molar-refractivity contribution in [1.82, 2.24) is 5.32 Å². The lowest BCUT2D eigenvalue weighted by atomic mass is 10.2. The summed E-state index contributed by atoms with van der Waals surface area (Å²) in [6.45, 7) is 0.729. The fraction of sp³-hybridized carbons (Fsp3) is 0.250. The maximum atomic E-state index is 12.2. The van der Waals surface area contributed by atoms with E-state index in [-0.39, 0.29) is 12.5 Å². The summed E-state index contributed by atoms with van der Waals surface area (Å²) >= 11 is 6.04. The lowest BCUT2D eigenvalue weighted by Crippen LogP contribution is -2.35. The molecular weight excluding hydrogens is 382 g/mol. The van der Waals surface area contributed by atoms with Crippen LogP contribution in [0.5, 0.6) is 5.75 Å². The molecule has 8 heteroatoms. The maximum absolute atomic E-state index is 12.2. The van der Waals surface area contributed by atoms with E-state index < -0.39 is 11.8 Å². The van der Waals surface area contributed by atoms with Gasteiger partial charge in [-0.05, 0) is 36.2 Å². The number of nitrogens with one attached hydrogen (secondary N) is 2. The van der Waals surface area contributed by atoms with Gasteiger partial charge in [0.25, 0.3) is 0 Å². The molecule has 2 aromatic carbocycles. The number of hydrogen-bond acceptors (Lipinski definition) is 4. The van der Waals surface area contributed by atoms with Gasteiger partial charge < -0.3 is 20.3 Å². The van der Waals surface area contributed by atoms with E-state index in [1.165, 1.54) is 7.11 Å². The van der Waals surface area contributed by atoms with Crippen LogP contribution in [0.15, 0.2) is 42.5 Å². The summed E-state index contributed by atoms with van der Waals surface area (Å²) in [4.78, 5) is 38.0.